The fourth-order valence-electron chi connectivity index (χ4n) is 3.33. The summed E-state index contributed by atoms with van der Waals surface area (Å²) < 4.78 is 10.1. The number of anilines is 2. The number of nitrogens with one attached hydrogen (secondary N) is 2. The summed E-state index contributed by atoms with van der Waals surface area (Å²) in [5, 5.41) is 7.34. The van der Waals surface area contributed by atoms with E-state index in [1.54, 1.807) is 30.4 Å². The van der Waals surface area contributed by atoms with E-state index in [0.29, 0.717) is 33.5 Å². The third-order valence-corrected chi connectivity index (χ3v) is 6.20. The molecular formula is C21H24N2O4S2. The Balaban J connectivity index is 1.83. The van der Waals surface area contributed by atoms with Crippen LogP contribution in [0.25, 0.3) is 0 Å². The van der Waals surface area contributed by atoms with E-state index in [4.69, 9.17) is 21.7 Å². The van der Waals surface area contributed by atoms with Crippen molar-refractivity contribution in [2.24, 2.45) is 0 Å². The fourth-order valence-corrected chi connectivity index (χ4v) is 4.89. The highest BCUT2D eigenvalue weighted by molar-refractivity contribution is 7.80. The van der Waals surface area contributed by atoms with E-state index in [1.165, 1.54) is 12.0 Å². The number of aryl methyl sites for hydroxylation is 2. The number of carbonyl (C=O) groups excluding carboxylic acids is 2. The molecule has 0 saturated heterocycles. The lowest BCUT2D eigenvalue weighted by Crippen LogP contribution is -2.21. The molecule has 0 amide bonds. The minimum Gasteiger partial charge on any atom is -0.465 e. The molecule has 0 fully saturated rings. The molecule has 1 aromatic carbocycles. The summed E-state index contributed by atoms with van der Waals surface area (Å²) in [6.45, 7) is 4.04. The van der Waals surface area contributed by atoms with E-state index < -0.39 is 5.97 Å². The zero-order valence-electron chi connectivity index (χ0n) is 16.7. The number of esters is 2. The van der Waals surface area contributed by atoms with Crippen LogP contribution in [0.5, 0.6) is 0 Å². The van der Waals surface area contributed by atoms with Crippen molar-refractivity contribution >= 4 is 51.3 Å². The summed E-state index contributed by atoms with van der Waals surface area (Å²) in [5.41, 5.74) is 3.73. The van der Waals surface area contributed by atoms with Crippen molar-refractivity contribution in [2.75, 3.05) is 24.4 Å². The molecule has 154 valence electrons. The predicted octanol–water partition coefficient (Wildman–Crippen LogP) is 4.71. The lowest BCUT2D eigenvalue weighted by molar-refractivity contribution is 0.0525. The van der Waals surface area contributed by atoms with Crippen LogP contribution in [0, 0.1) is 6.92 Å². The molecule has 0 saturated carbocycles. The Morgan fingerprint density at radius 2 is 1.93 bits per heavy atom. The highest BCUT2D eigenvalue weighted by atomic mass is 32.1. The van der Waals surface area contributed by atoms with E-state index >= 15 is 0 Å². The molecule has 1 aliphatic rings. The number of rotatable bonds is 5. The second-order valence-corrected chi connectivity index (χ2v) is 8.25. The van der Waals surface area contributed by atoms with Gasteiger partial charge in [0.2, 0.25) is 0 Å². The van der Waals surface area contributed by atoms with Gasteiger partial charge in [0.1, 0.15) is 5.00 Å². The zero-order valence-corrected chi connectivity index (χ0v) is 18.4. The molecule has 0 unspecified atom stereocenters. The number of hydrogen-bond acceptors (Lipinski definition) is 6. The SMILES string of the molecule is CCOC(=O)c1c(NC(=S)Nc2cc(C(=O)OC)ccc2C)sc2c1CCCC2. The van der Waals surface area contributed by atoms with Gasteiger partial charge in [0.25, 0.3) is 0 Å². The van der Waals surface area contributed by atoms with Crippen molar-refractivity contribution in [1.82, 2.24) is 0 Å². The molecule has 0 bridgehead atoms. The molecule has 6 nitrogen and oxygen atoms in total. The topological polar surface area (TPSA) is 76.7 Å². The van der Waals surface area contributed by atoms with Crippen molar-refractivity contribution < 1.29 is 19.1 Å². The van der Waals surface area contributed by atoms with Gasteiger partial charge in [-0.15, -0.1) is 11.3 Å². The van der Waals surface area contributed by atoms with E-state index in [-0.39, 0.29) is 5.97 Å². The van der Waals surface area contributed by atoms with Crippen molar-refractivity contribution in [1.29, 1.82) is 0 Å². The molecule has 2 N–H and O–H groups in total. The first-order valence-electron chi connectivity index (χ1n) is 9.53. The van der Waals surface area contributed by atoms with Gasteiger partial charge in [-0.2, -0.15) is 0 Å². The Morgan fingerprint density at radius 1 is 1.17 bits per heavy atom. The van der Waals surface area contributed by atoms with Gasteiger partial charge in [0.05, 0.1) is 24.8 Å². The maximum atomic E-state index is 12.6. The Bertz CT molecular complexity index is 952. The largest absolute Gasteiger partial charge is 0.465 e. The van der Waals surface area contributed by atoms with Crippen LogP contribution < -0.4 is 10.6 Å². The van der Waals surface area contributed by atoms with Crippen LogP contribution in [0.15, 0.2) is 18.2 Å². The van der Waals surface area contributed by atoms with Crippen LogP contribution in [0.3, 0.4) is 0 Å². The van der Waals surface area contributed by atoms with E-state index in [0.717, 1.165) is 36.8 Å². The van der Waals surface area contributed by atoms with Crippen LogP contribution in [0.1, 0.15) is 56.5 Å². The second kappa shape index (κ2) is 9.37. The first-order chi connectivity index (χ1) is 13.9. The fraction of sp³-hybridized carbons (Fsp3) is 0.381. The van der Waals surface area contributed by atoms with Gasteiger partial charge < -0.3 is 20.1 Å². The zero-order chi connectivity index (χ0) is 21.0. The third-order valence-electron chi connectivity index (χ3n) is 4.78. The minimum atomic E-state index is -0.414. The molecule has 1 heterocycles. The van der Waals surface area contributed by atoms with Gasteiger partial charge in [-0.05, 0) is 75.0 Å². The quantitative estimate of drug-likeness (QED) is 0.523. The molecule has 0 atom stereocenters. The molecule has 0 radical (unpaired) electrons. The van der Waals surface area contributed by atoms with Crippen molar-refractivity contribution in [3.05, 3.63) is 45.3 Å². The standard InChI is InChI=1S/C21H24N2O4S2/c1-4-27-20(25)17-14-7-5-6-8-16(14)29-18(17)23-21(28)22-15-11-13(19(24)26-3)10-9-12(15)2/h9-11H,4-8H2,1-3H3,(H2,22,23,28). The van der Waals surface area contributed by atoms with Crippen LogP contribution >= 0.6 is 23.6 Å². The first kappa shape index (κ1) is 21.3. The number of hydrogen-bond donors (Lipinski definition) is 2. The average molecular weight is 433 g/mol. The molecule has 1 aliphatic carbocycles. The summed E-state index contributed by atoms with van der Waals surface area (Å²) in [4.78, 5) is 25.6. The third kappa shape index (κ3) is 4.76. The molecule has 1 aromatic heterocycles. The Labute approximate surface area is 179 Å². The second-order valence-electron chi connectivity index (χ2n) is 6.74. The van der Waals surface area contributed by atoms with Gasteiger partial charge in [0, 0.05) is 10.6 Å². The van der Waals surface area contributed by atoms with Crippen LogP contribution in [0.2, 0.25) is 0 Å². The van der Waals surface area contributed by atoms with Gasteiger partial charge in [-0.25, -0.2) is 9.59 Å². The molecule has 29 heavy (non-hydrogen) atoms. The monoisotopic (exact) mass is 432 g/mol. The molecule has 0 spiro atoms. The van der Waals surface area contributed by atoms with Gasteiger partial charge in [-0.1, -0.05) is 6.07 Å². The van der Waals surface area contributed by atoms with Crippen LogP contribution in [0.4, 0.5) is 10.7 Å². The van der Waals surface area contributed by atoms with E-state index in [2.05, 4.69) is 10.6 Å². The highest BCUT2D eigenvalue weighted by Gasteiger charge is 2.26. The van der Waals surface area contributed by atoms with Gasteiger partial charge in [0.15, 0.2) is 5.11 Å². The Kier molecular flexibility index (Phi) is 6.87. The van der Waals surface area contributed by atoms with E-state index in [9.17, 15) is 9.59 Å². The predicted molar refractivity (Wildman–Crippen MR) is 119 cm³/mol. The Hall–Kier alpha value is -2.45. The highest BCUT2D eigenvalue weighted by Crippen LogP contribution is 2.38. The maximum absolute atomic E-state index is 12.6. The van der Waals surface area contributed by atoms with Gasteiger partial charge >= 0.3 is 11.9 Å². The van der Waals surface area contributed by atoms with Crippen molar-refractivity contribution in [2.45, 2.75) is 39.5 Å². The summed E-state index contributed by atoms with van der Waals surface area (Å²) in [5.74, 6) is -0.733. The average Bonchev–Trinajstić information content (AvgIpc) is 3.06. The molecule has 8 heteroatoms. The van der Waals surface area contributed by atoms with Crippen molar-refractivity contribution in [3.8, 4) is 0 Å². The number of thiophene rings is 1. The van der Waals surface area contributed by atoms with Crippen molar-refractivity contribution in [3.63, 3.8) is 0 Å². The molecule has 0 aliphatic heterocycles. The molecule has 3 rings (SSSR count). The summed E-state index contributed by atoms with van der Waals surface area (Å²) >= 11 is 7.04. The number of benzene rings is 1. The first-order valence-corrected chi connectivity index (χ1v) is 10.8. The number of ether oxygens (including phenoxy) is 2. The summed E-state index contributed by atoms with van der Waals surface area (Å²) in [6, 6.07) is 5.22. The summed E-state index contributed by atoms with van der Waals surface area (Å²) in [6.07, 6.45) is 4.03. The van der Waals surface area contributed by atoms with Crippen LogP contribution in [-0.2, 0) is 22.3 Å². The lowest BCUT2D eigenvalue weighted by Gasteiger charge is -2.14. The minimum absolute atomic E-state index is 0.318. The lowest BCUT2D eigenvalue weighted by atomic mass is 9.95. The molecular weight excluding hydrogens is 408 g/mol. The number of thiocarbonyl (C=S) groups is 1. The van der Waals surface area contributed by atoms with Gasteiger partial charge in [-0.3, -0.25) is 0 Å². The Morgan fingerprint density at radius 3 is 2.66 bits per heavy atom. The smallest absolute Gasteiger partial charge is 0.341 e. The number of fused-ring (bicyclic) bond motifs is 1. The summed E-state index contributed by atoms with van der Waals surface area (Å²) in [7, 11) is 1.34. The normalized spacial score (nSPS) is 12.7. The number of methoxy groups -OCH3 is 1. The number of carbonyl (C=O) groups is 2. The molecule has 2 aromatic rings. The van der Waals surface area contributed by atoms with E-state index in [1.807, 2.05) is 13.0 Å². The maximum Gasteiger partial charge on any atom is 0.341 e. The van der Waals surface area contributed by atoms with Crippen LogP contribution in [-0.4, -0.2) is 30.8 Å².